The van der Waals surface area contributed by atoms with Crippen molar-refractivity contribution in [1.29, 1.82) is 0 Å². The van der Waals surface area contributed by atoms with Crippen molar-refractivity contribution in [2.45, 2.75) is 17.5 Å². The van der Waals surface area contributed by atoms with Crippen LogP contribution < -0.4 is 16.8 Å². The third-order valence-electron chi connectivity index (χ3n) is 5.64. The third kappa shape index (κ3) is 3.58. The molecule has 0 fully saturated rings. The molecule has 0 radical (unpaired) electrons. The molecule has 0 aliphatic rings. The summed E-state index contributed by atoms with van der Waals surface area (Å²) in [5, 5.41) is 9.80. The molecule has 3 heterocycles. The first-order valence-corrected chi connectivity index (χ1v) is 11.2. The molecule has 5 rings (SSSR count). The lowest BCUT2D eigenvalue weighted by molar-refractivity contribution is 0.665. The second-order valence-electron chi connectivity index (χ2n) is 7.68. The summed E-state index contributed by atoms with van der Waals surface area (Å²) < 4.78 is 5.98. The van der Waals surface area contributed by atoms with E-state index in [2.05, 4.69) is 10.2 Å². The Morgan fingerprint density at radius 1 is 0.879 bits per heavy atom. The Kier molecular flexibility index (Phi) is 5.21. The van der Waals surface area contributed by atoms with Crippen LogP contribution in [-0.2, 0) is 26.4 Å². The molecule has 0 bridgehead atoms. The van der Waals surface area contributed by atoms with Crippen LogP contribution in [0, 0.1) is 0 Å². The van der Waals surface area contributed by atoms with Crippen LogP contribution in [0.1, 0.15) is 11.3 Å². The molecule has 0 amide bonds. The zero-order valence-electron chi connectivity index (χ0n) is 18.0. The Hall–Kier alpha value is -3.92. The Morgan fingerprint density at radius 2 is 1.61 bits per heavy atom. The van der Waals surface area contributed by atoms with Crippen LogP contribution in [0.2, 0.25) is 0 Å². The second kappa shape index (κ2) is 8.21. The number of aromatic nitrogens is 6. The van der Waals surface area contributed by atoms with Crippen molar-refractivity contribution in [3.8, 4) is 0 Å². The highest BCUT2D eigenvalue weighted by Crippen LogP contribution is 2.24. The largest absolute Gasteiger partial charge is 0.330 e. The van der Waals surface area contributed by atoms with Gasteiger partial charge < -0.3 is 0 Å². The van der Waals surface area contributed by atoms with Gasteiger partial charge in [-0.1, -0.05) is 54.2 Å². The molecule has 0 saturated heterocycles. The summed E-state index contributed by atoms with van der Waals surface area (Å²) in [5.41, 5.74) is 1.37. The molecule has 33 heavy (non-hydrogen) atoms. The number of thioether (sulfide) groups is 1. The number of benzene rings is 2. The number of hydrogen-bond donors (Lipinski definition) is 0. The lowest BCUT2D eigenvalue weighted by atomic mass is 10.2. The van der Waals surface area contributed by atoms with Crippen molar-refractivity contribution < 1.29 is 0 Å². The molecule has 0 aliphatic heterocycles. The van der Waals surface area contributed by atoms with Crippen molar-refractivity contribution in [3.05, 3.63) is 103 Å². The van der Waals surface area contributed by atoms with Crippen molar-refractivity contribution in [1.82, 2.24) is 28.3 Å². The summed E-state index contributed by atoms with van der Waals surface area (Å²) in [6.45, 7) is 0.361. The van der Waals surface area contributed by atoms with E-state index in [1.807, 2.05) is 52.9 Å². The first-order chi connectivity index (χ1) is 16.0. The summed E-state index contributed by atoms with van der Waals surface area (Å²) in [6.07, 6.45) is 0. The number of para-hydroxylation sites is 1. The van der Waals surface area contributed by atoms with Gasteiger partial charge in [-0.05, 0) is 17.7 Å². The van der Waals surface area contributed by atoms with Crippen LogP contribution in [0.3, 0.4) is 0 Å². The van der Waals surface area contributed by atoms with Gasteiger partial charge in [0.05, 0.1) is 17.4 Å². The number of nitrogens with zero attached hydrogens (tertiary/aromatic N) is 6. The quantitative estimate of drug-likeness (QED) is 0.371. The standard InChI is InChI=1S/C23H20N6O3S/c1-26-16(12-19(30)27(2)23(26)32)14-33-22-25-24-21-28(13-15-8-4-3-5-9-15)20(31)17-10-6-7-11-18(17)29(21)22/h3-12H,13-14H2,1-2H3. The van der Waals surface area contributed by atoms with Gasteiger partial charge in [0.25, 0.3) is 11.1 Å². The van der Waals surface area contributed by atoms with Gasteiger partial charge in [0.1, 0.15) is 0 Å². The highest BCUT2D eigenvalue weighted by Gasteiger charge is 2.17. The Balaban J connectivity index is 1.64. The fraction of sp³-hybridized carbons (Fsp3) is 0.174. The number of hydrogen-bond acceptors (Lipinski definition) is 6. The molecule has 3 aromatic heterocycles. The van der Waals surface area contributed by atoms with Crippen LogP contribution in [-0.4, -0.2) is 28.3 Å². The van der Waals surface area contributed by atoms with Gasteiger partial charge in [-0.3, -0.25) is 27.7 Å². The first-order valence-electron chi connectivity index (χ1n) is 10.2. The summed E-state index contributed by atoms with van der Waals surface area (Å²) in [5.74, 6) is 0.775. The molecule has 166 valence electrons. The minimum atomic E-state index is -0.383. The maximum atomic E-state index is 13.3. The molecule has 0 saturated carbocycles. The summed E-state index contributed by atoms with van der Waals surface area (Å²) in [7, 11) is 3.08. The molecular formula is C23H20N6O3S. The Labute approximate surface area is 191 Å². The van der Waals surface area contributed by atoms with Crippen molar-refractivity contribution in [2.75, 3.05) is 0 Å². The Bertz CT molecular complexity index is 1680. The molecule has 9 nitrogen and oxygen atoms in total. The van der Waals surface area contributed by atoms with Crippen molar-refractivity contribution in [3.63, 3.8) is 0 Å². The lowest BCUT2D eigenvalue weighted by Gasteiger charge is -2.12. The van der Waals surface area contributed by atoms with Crippen molar-refractivity contribution >= 4 is 28.4 Å². The molecule has 10 heteroatoms. The van der Waals surface area contributed by atoms with Gasteiger partial charge in [0.15, 0.2) is 5.16 Å². The SMILES string of the molecule is Cn1c(CSc2nnc3n(Cc4ccccc4)c(=O)c4ccccc4n23)cc(=O)n(C)c1=O. The normalized spacial score (nSPS) is 11.5. The number of rotatable bonds is 5. The fourth-order valence-corrected chi connectivity index (χ4v) is 4.75. The molecule has 0 atom stereocenters. The van der Waals surface area contributed by atoms with E-state index in [4.69, 9.17) is 0 Å². The molecule has 0 aliphatic carbocycles. The van der Waals surface area contributed by atoms with E-state index in [1.165, 1.54) is 29.4 Å². The summed E-state index contributed by atoms with van der Waals surface area (Å²) in [6, 6.07) is 18.5. The van der Waals surface area contributed by atoms with E-state index >= 15 is 0 Å². The topological polar surface area (TPSA) is 96.2 Å². The predicted octanol–water partition coefficient (Wildman–Crippen LogP) is 1.78. The lowest BCUT2D eigenvalue weighted by Crippen LogP contribution is -2.37. The van der Waals surface area contributed by atoms with Gasteiger partial charge in [-0.25, -0.2) is 4.79 Å². The van der Waals surface area contributed by atoms with Crippen LogP contribution in [0.15, 0.2) is 80.2 Å². The monoisotopic (exact) mass is 460 g/mol. The average Bonchev–Trinajstić information content (AvgIpc) is 3.26. The van der Waals surface area contributed by atoms with E-state index < -0.39 is 0 Å². The zero-order chi connectivity index (χ0) is 23.1. The predicted molar refractivity (Wildman–Crippen MR) is 127 cm³/mol. The van der Waals surface area contributed by atoms with Gasteiger partial charge >= 0.3 is 5.69 Å². The van der Waals surface area contributed by atoms with Crippen LogP contribution in [0.25, 0.3) is 16.7 Å². The summed E-state index contributed by atoms with van der Waals surface area (Å²) in [4.78, 5) is 37.6. The van der Waals surface area contributed by atoms with Gasteiger partial charge in [-0.2, -0.15) is 0 Å². The molecule has 0 unspecified atom stereocenters. The third-order valence-corrected chi connectivity index (χ3v) is 6.60. The van der Waals surface area contributed by atoms with Gasteiger partial charge in [0, 0.05) is 31.6 Å². The fourth-order valence-electron chi connectivity index (χ4n) is 3.79. The molecule has 0 N–H and O–H groups in total. The average molecular weight is 461 g/mol. The van der Waals surface area contributed by atoms with Crippen LogP contribution in [0.4, 0.5) is 0 Å². The minimum absolute atomic E-state index is 0.139. The van der Waals surface area contributed by atoms with Crippen LogP contribution >= 0.6 is 11.8 Å². The highest BCUT2D eigenvalue weighted by molar-refractivity contribution is 7.98. The van der Waals surface area contributed by atoms with E-state index in [9.17, 15) is 14.4 Å². The van der Waals surface area contributed by atoms with Gasteiger partial charge in [0.2, 0.25) is 5.78 Å². The molecular weight excluding hydrogens is 440 g/mol. The minimum Gasteiger partial charge on any atom is -0.300 e. The molecule has 0 spiro atoms. The molecule has 2 aromatic carbocycles. The Morgan fingerprint density at radius 3 is 2.39 bits per heavy atom. The van der Waals surface area contributed by atoms with Crippen molar-refractivity contribution in [2.24, 2.45) is 14.1 Å². The maximum Gasteiger partial charge on any atom is 0.330 e. The smallest absolute Gasteiger partial charge is 0.300 e. The van der Waals surface area contributed by atoms with E-state index in [0.29, 0.717) is 39.8 Å². The van der Waals surface area contributed by atoms with E-state index in [1.54, 1.807) is 17.7 Å². The zero-order valence-corrected chi connectivity index (χ0v) is 18.8. The second-order valence-corrected chi connectivity index (χ2v) is 8.62. The van der Waals surface area contributed by atoms with E-state index in [-0.39, 0.29) is 16.8 Å². The van der Waals surface area contributed by atoms with Crippen LogP contribution in [0.5, 0.6) is 0 Å². The first kappa shape index (κ1) is 21.0. The highest BCUT2D eigenvalue weighted by atomic mass is 32.2. The maximum absolute atomic E-state index is 13.3. The van der Waals surface area contributed by atoms with Gasteiger partial charge in [-0.15, -0.1) is 10.2 Å². The summed E-state index contributed by atoms with van der Waals surface area (Å²) >= 11 is 1.35. The molecule has 5 aromatic rings. The number of fused-ring (bicyclic) bond motifs is 3. The van der Waals surface area contributed by atoms with E-state index in [0.717, 1.165) is 10.1 Å².